The van der Waals surface area contributed by atoms with Gasteiger partial charge in [0.1, 0.15) is 0 Å². The molecule has 0 aromatic carbocycles. The molecule has 0 aliphatic rings. The third-order valence-corrected chi connectivity index (χ3v) is 2.44. The Bertz CT molecular complexity index is 534. The lowest BCUT2D eigenvalue weighted by molar-refractivity contribution is -0.118. The zero-order valence-electron chi connectivity index (χ0n) is 9.68. The van der Waals surface area contributed by atoms with Crippen LogP contribution in [0.4, 0.5) is 5.95 Å². The van der Waals surface area contributed by atoms with Crippen molar-refractivity contribution < 1.29 is 4.79 Å². The molecule has 6 nitrogen and oxygen atoms in total. The maximum Gasteiger partial charge on any atom is 0.243 e. The van der Waals surface area contributed by atoms with Crippen LogP contribution in [-0.2, 0) is 4.79 Å². The highest BCUT2D eigenvalue weighted by molar-refractivity contribution is 5.73. The van der Waals surface area contributed by atoms with Crippen LogP contribution in [0.2, 0.25) is 0 Å². The van der Waals surface area contributed by atoms with E-state index in [1.807, 2.05) is 25.3 Å². The predicted octanol–water partition coefficient (Wildman–Crippen LogP) is 0.715. The van der Waals surface area contributed by atoms with Crippen LogP contribution in [0, 0.1) is 6.92 Å². The first-order chi connectivity index (χ1) is 8.16. The van der Waals surface area contributed by atoms with Crippen molar-refractivity contribution in [3.63, 3.8) is 0 Å². The SMILES string of the molecule is Cc1cccn2nc(NCCCC(N)=O)nc12. The van der Waals surface area contributed by atoms with Crippen molar-refractivity contribution in [3.05, 3.63) is 23.9 Å². The van der Waals surface area contributed by atoms with Crippen molar-refractivity contribution in [1.82, 2.24) is 14.6 Å². The number of nitrogens with two attached hydrogens (primary N) is 1. The van der Waals surface area contributed by atoms with E-state index in [1.54, 1.807) is 4.52 Å². The Morgan fingerprint density at radius 1 is 1.59 bits per heavy atom. The average molecular weight is 233 g/mol. The summed E-state index contributed by atoms with van der Waals surface area (Å²) < 4.78 is 1.73. The van der Waals surface area contributed by atoms with Gasteiger partial charge in [-0.1, -0.05) is 6.07 Å². The smallest absolute Gasteiger partial charge is 0.243 e. The zero-order valence-corrected chi connectivity index (χ0v) is 9.68. The number of nitrogens with one attached hydrogen (secondary N) is 1. The van der Waals surface area contributed by atoms with Gasteiger partial charge in [0.2, 0.25) is 11.9 Å². The van der Waals surface area contributed by atoms with E-state index in [0.29, 0.717) is 25.3 Å². The summed E-state index contributed by atoms with van der Waals surface area (Å²) in [6, 6.07) is 3.91. The van der Waals surface area contributed by atoms with Crippen molar-refractivity contribution in [2.24, 2.45) is 5.73 Å². The lowest BCUT2D eigenvalue weighted by Gasteiger charge is -1.98. The Hall–Kier alpha value is -2.11. The molecule has 1 amide bonds. The topological polar surface area (TPSA) is 85.3 Å². The van der Waals surface area contributed by atoms with Gasteiger partial charge in [-0.15, -0.1) is 5.10 Å². The van der Waals surface area contributed by atoms with E-state index >= 15 is 0 Å². The maximum atomic E-state index is 10.6. The van der Waals surface area contributed by atoms with E-state index in [0.717, 1.165) is 11.2 Å². The second kappa shape index (κ2) is 4.82. The van der Waals surface area contributed by atoms with Crippen LogP contribution in [0.1, 0.15) is 18.4 Å². The number of fused-ring (bicyclic) bond motifs is 1. The molecule has 17 heavy (non-hydrogen) atoms. The quantitative estimate of drug-likeness (QED) is 0.745. The van der Waals surface area contributed by atoms with E-state index in [4.69, 9.17) is 5.73 Å². The number of rotatable bonds is 5. The van der Waals surface area contributed by atoms with Crippen LogP contribution in [0.3, 0.4) is 0 Å². The van der Waals surface area contributed by atoms with E-state index in [9.17, 15) is 4.79 Å². The highest BCUT2D eigenvalue weighted by Crippen LogP contribution is 2.09. The number of aryl methyl sites for hydroxylation is 1. The molecule has 2 aromatic rings. The van der Waals surface area contributed by atoms with Crippen molar-refractivity contribution in [1.29, 1.82) is 0 Å². The van der Waals surface area contributed by atoms with Crippen LogP contribution < -0.4 is 11.1 Å². The molecule has 0 saturated carbocycles. The standard InChI is InChI=1S/C11H15N5O/c1-8-4-3-7-16-10(8)14-11(15-16)13-6-2-5-9(12)17/h3-4,7H,2,5-6H2,1H3,(H2,12,17)(H,13,15). The van der Waals surface area contributed by atoms with Gasteiger partial charge in [-0.05, 0) is 25.0 Å². The van der Waals surface area contributed by atoms with Gasteiger partial charge in [0, 0.05) is 19.2 Å². The minimum Gasteiger partial charge on any atom is -0.370 e. The normalized spacial score (nSPS) is 10.6. The largest absolute Gasteiger partial charge is 0.370 e. The molecule has 2 aromatic heterocycles. The summed E-state index contributed by atoms with van der Waals surface area (Å²) >= 11 is 0. The van der Waals surface area contributed by atoms with E-state index in [1.165, 1.54) is 0 Å². The number of carbonyl (C=O) groups excluding carboxylic acids is 1. The van der Waals surface area contributed by atoms with Crippen LogP contribution >= 0.6 is 0 Å². The molecule has 0 bridgehead atoms. The second-order valence-corrected chi connectivity index (χ2v) is 3.89. The lowest BCUT2D eigenvalue weighted by Crippen LogP contribution is -2.13. The molecule has 90 valence electrons. The van der Waals surface area contributed by atoms with Crippen LogP contribution in [-0.4, -0.2) is 27.0 Å². The fourth-order valence-electron chi connectivity index (χ4n) is 1.58. The lowest BCUT2D eigenvalue weighted by atomic mass is 10.3. The summed E-state index contributed by atoms with van der Waals surface area (Å²) in [5.41, 5.74) is 6.96. The highest BCUT2D eigenvalue weighted by atomic mass is 16.1. The molecule has 0 spiro atoms. The number of aromatic nitrogens is 3. The van der Waals surface area contributed by atoms with Gasteiger partial charge in [0.25, 0.3) is 0 Å². The zero-order chi connectivity index (χ0) is 12.3. The maximum absolute atomic E-state index is 10.6. The summed E-state index contributed by atoms with van der Waals surface area (Å²) in [5.74, 6) is 0.286. The van der Waals surface area contributed by atoms with Crippen molar-refractivity contribution in [3.8, 4) is 0 Å². The summed E-state index contributed by atoms with van der Waals surface area (Å²) in [7, 11) is 0. The van der Waals surface area contributed by atoms with E-state index in [2.05, 4.69) is 15.4 Å². The number of anilines is 1. The van der Waals surface area contributed by atoms with Crippen LogP contribution in [0.25, 0.3) is 5.65 Å². The Morgan fingerprint density at radius 3 is 3.12 bits per heavy atom. The summed E-state index contributed by atoms with van der Waals surface area (Å²) in [6.45, 7) is 2.62. The molecule has 0 fully saturated rings. The van der Waals surface area contributed by atoms with E-state index in [-0.39, 0.29) is 5.91 Å². The number of hydrogen-bond acceptors (Lipinski definition) is 4. The number of primary amides is 1. The first-order valence-electron chi connectivity index (χ1n) is 5.51. The predicted molar refractivity (Wildman–Crippen MR) is 64.6 cm³/mol. The van der Waals surface area contributed by atoms with Crippen LogP contribution in [0.5, 0.6) is 0 Å². The van der Waals surface area contributed by atoms with Gasteiger partial charge < -0.3 is 11.1 Å². The number of hydrogen-bond donors (Lipinski definition) is 2. The molecule has 0 atom stereocenters. The molecule has 0 saturated heterocycles. The number of pyridine rings is 1. The van der Waals surface area contributed by atoms with Gasteiger partial charge in [-0.3, -0.25) is 4.79 Å². The number of amides is 1. The summed E-state index contributed by atoms with van der Waals surface area (Å²) in [4.78, 5) is 14.9. The van der Waals surface area contributed by atoms with Gasteiger partial charge >= 0.3 is 0 Å². The molecular formula is C11H15N5O. The molecular weight excluding hydrogens is 218 g/mol. The third-order valence-electron chi connectivity index (χ3n) is 2.44. The monoisotopic (exact) mass is 233 g/mol. The molecule has 3 N–H and O–H groups in total. The number of nitrogens with zero attached hydrogens (tertiary/aromatic N) is 3. The van der Waals surface area contributed by atoms with Crippen molar-refractivity contribution in [2.45, 2.75) is 19.8 Å². The molecule has 2 rings (SSSR count). The van der Waals surface area contributed by atoms with Gasteiger partial charge in [0.05, 0.1) is 0 Å². The average Bonchev–Trinajstić information content (AvgIpc) is 2.69. The summed E-state index contributed by atoms with van der Waals surface area (Å²) in [5, 5.41) is 7.33. The van der Waals surface area contributed by atoms with Gasteiger partial charge in [-0.25, -0.2) is 4.52 Å². The van der Waals surface area contributed by atoms with Gasteiger partial charge in [0.15, 0.2) is 5.65 Å². The Kier molecular flexibility index (Phi) is 3.22. The Balaban J connectivity index is 2.00. The molecule has 6 heteroatoms. The van der Waals surface area contributed by atoms with Crippen LogP contribution in [0.15, 0.2) is 18.3 Å². The summed E-state index contributed by atoms with van der Waals surface area (Å²) in [6.07, 6.45) is 2.91. The molecule has 0 aliphatic carbocycles. The third kappa shape index (κ3) is 2.72. The fraction of sp³-hybridized carbons (Fsp3) is 0.364. The minimum atomic E-state index is -0.286. The first-order valence-corrected chi connectivity index (χ1v) is 5.51. The minimum absolute atomic E-state index is 0.286. The fourth-order valence-corrected chi connectivity index (χ4v) is 1.58. The first kappa shape index (κ1) is 11.4. The van der Waals surface area contributed by atoms with Gasteiger partial charge in [-0.2, -0.15) is 4.98 Å². The highest BCUT2D eigenvalue weighted by Gasteiger charge is 2.04. The molecule has 0 unspecified atom stereocenters. The van der Waals surface area contributed by atoms with E-state index < -0.39 is 0 Å². The number of carbonyl (C=O) groups is 1. The van der Waals surface area contributed by atoms with Crippen molar-refractivity contribution >= 4 is 17.5 Å². The Morgan fingerprint density at radius 2 is 2.41 bits per heavy atom. The molecule has 0 aliphatic heterocycles. The van der Waals surface area contributed by atoms with Crippen molar-refractivity contribution in [2.75, 3.05) is 11.9 Å². The molecule has 2 heterocycles. The molecule has 0 radical (unpaired) electrons. The second-order valence-electron chi connectivity index (χ2n) is 3.89. The Labute approximate surface area is 98.8 Å².